The summed E-state index contributed by atoms with van der Waals surface area (Å²) in [6.07, 6.45) is 0.708. The quantitative estimate of drug-likeness (QED) is 0.342. The molecule has 3 amide bonds. The van der Waals surface area contributed by atoms with Crippen LogP contribution in [0.25, 0.3) is 0 Å². The van der Waals surface area contributed by atoms with Crippen LogP contribution in [-0.4, -0.2) is 34.3 Å². The Bertz CT molecular complexity index is 1060. The lowest BCUT2D eigenvalue weighted by atomic mass is 10.2. The van der Waals surface area contributed by atoms with Crippen molar-refractivity contribution in [2.24, 2.45) is 0 Å². The first-order chi connectivity index (χ1) is 15.9. The summed E-state index contributed by atoms with van der Waals surface area (Å²) in [6, 6.07) is 16.9. The van der Waals surface area contributed by atoms with Gasteiger partial charge in [-0.2, -0.15) is 0 Å². The number of thiophene rings is 1. The molecule has 0 aliphatic rings. The van der Waals surface area contributed by atoms with Crippen molar-refractivity contribution in [2.45, 2.75) is 39.4 Å². The van der Waals surface area contributed by atoms with E-state index in [0.717, 1.165) is 14.9 Å². The summed E-state index contributed by atoms with van der Waals surface area (Å²) >= 11 is 5.01. The number of benzene rings is 2. The summed E-state index contributed by atoms with van der Waals surface area (Å²) < 4.78 is 14.1. The first-order valence-electron chi connectivity index (χ1n) is 10.7. The van der Waals surface area contributed by atoms with Crippen molar-refractivity contribution in [1.29, 1.82) is 0 Å². The Morgan fingerprint density at radius 1 is 1.06 bits per heavy atom. The number of hydrogen-bond donors (Lipinski definition) is 1. The van der Waals surface area contributed by atoms with Crippen LogP contribution in [0, 0.1) is 5.82 Å². The molecule has 2 aromatic carbocycles. The van der Waals surface area contributed by atoms with Gasteiger partial charge in [-0.15, -0.1) is 11.3 Å². The maximum atomic E-state index is 13.4. The van der Waals surface area contributed by atoms with E-state index in [2.05, 4.69) is 21.2 Å². The molecule has 0 spiro atoms. The first kappa shape index (κ1) is 24.9. The number of carbonyl (C=O) groups is 2. The third-order valence-electron chi connectivity index (χ3n) is 5.37. The summed E-state index contributed by atoms with van der Waals surface area (Å²) in [5, 5.41) is 4.87. The minimum absolute atomic E-state index is 0.0577. The van der Waals surface area contributed by atoms with Crippen molar-refractivity contribution < 1.29 is 14.0 Å². The number of nitrogens with one attached hydrogen (secondary N) is 1. The third-order valence-corrected chi connectivity index (χ3v) is 6.92. The molecule has 0 saturated heterocycles. The average molecular weight is 532 g/mol. The van der Waals surface area contributed by atoms with E-state index in [9.17, 15) is 14.0 Å². The van der Waals surface area contributed by atoms with Gasteiger partial charge in [-0.1, -0.05) is 37.3 Å². The summed E-state index contributed by atoms with van der Waals surface area (Å²) in [4.78, 5) is 30.9. The second-order valence-corrected chi connectivity index (χ2v) is 9.64. The van der Waals surface area contributed by atoms with Gasteiger partial charge in [-0.25, -0.2) is 9.18 Å². The van der Waals surface area contributed by atoms with Crippen LogP contribution in [0.5, 0.6) is 0 Å². The monoisotopic (exact) mass is 531 g/mol. The highest BCUT2D eigenvalue weighted by Gasteiger charge is 2.25. The van der Waals surface area contributed by atoms with E-state index in [1.165, 1.54) is 12.1 Å². The van der Waals surface area contributed by atoms with Crippen molar-refractivity contribution in [3.8, 4) is 0 Å². The number of hydrogen-bond acceptors (Lipinski definition) is 3. The van der Waals surface area contributed by atoms with Crippen LogP contribution in [0.3, 0.4) is 0 Å². The van der Waals surface area contributed by atoms with Crippen LogP contribution < -0.4 is 5.32 Å². The van der Waals surface area contributed by atoms with E-state index in [-0.39, 0.29) is 30.3 Å². The molecule has 1 aromatic heterocycles. The van der Waals surface area contributed by atoms with Gasteiger partial charge in [0.25, 0.3) is 0 Å². The summed E-state index contributed by atoms with van der Waals surface area (Å²) in [5.41, 5.74) is 1.47. The number of carbonyl (C=O) groups excluding carboxylic acids is 2. The maximum absolute atomic E-state index is 13.4. The summed E-state index contributed by atoms with van der Waals surface area (Å²) in [7, 11) is 0. The van der Waals surface area contributed by atoms with Crippen LogP contribution in [0.15, 0.2) is 70.5 Å². The van der Waals surface area contributed by atoms with Gasteiger partial charge in [0.05, 0.1) is 12.2 Å². The van der Waals surface area contributed by atoms with Crippen molar-refractivity contribution in [2.75, 3.05) is 11.9 Å². The number of nitrogens with zero attached hydrogens (tertiary/aromatic N) is 2. The van der Waals surface area contributed by atoms with Gasteiger partial charge in [0.1, 0.15) is 12.4 Å². The Hall–Kier alpha value is -2.71. The van der Waals surface area contributed by atoms with E-state index in [1.54, 1.807) is 39.3 Å². The topological polar surface area (TPSA) is 52.7 Å². The number of rotatable bonds is 9. The van der Waals surface area contributed by atoms with E-state index in [0.29, 0.717) is 25.2 Å². The van der Waals surface area contributed by atoms with Crippen molar-refractivity contribution in [3.05, 3.63) is 86.8 Å². The van der Waals surface area contributed by atoms with Gasteiger partial charge in [-0.05, 0) is 70.5 Å². The smallest absolute Gasteiger partial charge is 0.322 e. The van der Waals surface area contributed by atoms with Gasteiger partial charge in [-0.3, -0.25) is 4.79 Å². The molecule has 3 aromatic rings. The molecule has 0 radical (unpaired) electrons. The van der Waals surface area contributed by atoms with Gasteiger partial charge in [0, 0.05) is 21.9 Å². The van der Waals surface area contributed by atoms with Gasteiger partial charge < -0.3 is 15.1 Å². The van der Waals surface area contributed by atoms with Crippen LogP contribution in [0.2, 0.25) is 0 Å². The van der Waals surface area contributed by atoms with Gasteiger partial charge >= 0.3 is 6.03 Å². The Balaban J connectivity index is 1.78. The first-order valence-corrected chi connectivity index (χ1v) is 12.4. The molecule has 1 unspecified atom stereocenters. The standard InChI is InChI=1S/C25H27BrFN3O2S/c1-3-18(2)30(25(32)28-23-9-5-4-8-22(23)26)17-24(31)29(16-21-7-6-14-33-21)15-19-10-12-20(27)13-11-19/h4-14,18H,3,15-17H2,1-2H3,(H,28,32). The lowest BCUT2D eigenvalue weighted by Crippen LogP contribution is -2.47. The molecule has 33 heavy (non-hydrogen) atoms. The molecular weight excluding hydrogens is 505 g/mol. The molecule has 0 aliphatic carbocycles. The lowest BCUT2D eigenvalue weighted by molar-refractivity contribution is -0.133. The molecule has 1 atom stereocenters. The van der Waals surface area contributed by atoms with Crippen LogP contribution >= 0.6 is 27.3 Å². The average Bonchev–Trinajstić information content (AvgIpc) is 3.32. The fourth-order valence-corrected chi connectivity index (χ4v) is 4.38. The van der Waals surface area contributed by atoms with Crippen LogP contribution in [-0.2, 0) is 17.9 Å². The maximum Gasteiger partial charge on any atom is 0.322 e. The number of anilines is 1. The Morgan fingerprint density at radius 2 is 1.79 bits per heavy atom. The molecule has 5 nitrogen and oxygen atoms in total. The van der Waals surface area contributed by atoms with Crippen molar-refractivity contribution in [1.82, 2.24) is 9.80 Å². The predicted octanol–water partition coefficient (Wildman–Crippen LogP) is 6.51. The molecule has 0 fully saturated rings. The molecular formula is C25H27BrFN3O2S. The van der Waals surface area contributed by atoms with Gasteiger partial charge in [0.15, 0.2) is 0 Å². The molecule has 0 bridgehead atoms. The fraction of sp³-hybridized carbons (Fsp3) is 0.280. The van der Waals surface area contributed by atoms with E-state index in [1.807, 2.05) is 49.6 Å². The van der Waals surface area contributed by atoms with Crippen LogP contribution in [0.4, 0.5) is 14.9 Å². The largest absolute Gasteiger partial charge is 0.332 e. The highest BCUT2D eigenvalue weighted by atomic mass is 79.9. The van der Waals surface area contributed by atoms with Crippen LogP contribution in [0.1, 0.15) is 30.7 Å². The highest BCUT2D eigenvalue weighted by Crippen LogP contribution is 2.22. The number of halogens is 2. The zero-order chi connectivity index (χ0) is 23.8. The highest BCUT2D eigenvalue weighted by molar-refractivity contribution is 9.10. The second kappa shape index (κ2) is 12.0. The van der Waals surface area contributed by atoms with E-state index in [4.69, 9.17) is 0 Å². The lowest BCUT2D eigenvalue weighted by Gasteiger charge is -2.31. The minimum Gasteiger partial charge on any atom is -0.332 e. The Morgan fingerprint density at radius 3 is 2.42 bits per heavy atom. The Kier molecular flexibility index (Phi) is 9.03. The van der Waals surface area contributed by atoms with E-state index < -0.39 is 0 Å². The number of amides is 3. The summed E-state index contributed by atoms with van der Waals surface area (Å²) in [5.74, 6) is -0.489. The molecule has 1 heterocycles. The number of para-hydroxylation sites is 1. The molecule has 8 heteroatoms. The molecule has 1 N–H and O–H groups in total. The number of urea groups is 1. The molecule has 0 saturated carbocycles. The summed E-state index contributed by atoms with van der Waals surface area (Å²) in [6.45, 7) is 4.61. The van der Waals surface area contributed by atoms with Crippen molar-refractivity contribution in [3.63, 3.8) is 0 Å². The predicted molar refractivity (Wildman–Crippen MR) is 135 cm³/mol. The molecule has 174 valence electrons. The van der Waals surface area contributed by atoms with Crippen molar-refractivity contribution >= 4 is 44.9 Å². The molecule has 3 rings (SSSR count). The third kappa shape index (κ3) is 7.14. The normalized spacial score (nSPS) is 11.6. The van der Waals surface area contributed by atoms with E-state index >= 15 is 0 Å². The zero-order valence-corrected chi connectivity index (χ0v) is 21.0. The zero-order valence-electron chi connectivity index (χ0n) is 18.6. The minimum atomic E-state index is -0.331. The Labute approximate surface area is 206 Å². The fourth-order valence-electron chi connectivity index (χ4n) is 3.28. The molecule has 0 aliphatic heterocycles. The second-order valence-electron chi connectivity index (χ2n) is 7.75. The SMILES string of the molecule is CCC(C)N(CC(=O)N(Cc1ccc(F)cc1)Cc1cccs1)C(=O)Nc1ccccc1Br. The van der Waals surface area contributed by atoms with Gasteiger partial charge in [0.2, 0.25) is 5.91 Å².